The Morgan fingerprint density at radius 1 is 1.40 bits per heavy atom. The van der Waals surface area contributed by atoms with Gasteiger partial charge in [-0.05, 0) is 6.92 Å². The molecule has 88 valence electrons. The molecule has 1 atom stereocenters. The summed E-state index contributed by atoms with van der Waals surface area (Å²) in [4.78, 5) is 10.8. The van der Waals surface area contributed by atoms with Crippen molar-refractivity contribution < 1.29 is 22.9 Å². The topological polar surface area (TPSA) is 52.6 Å². The minimum atomic E-state index is -2.69. The van der Waals surface area contributed by atoms with E-state index in [0.717, 1.165) is 0 Å². The Bertz CT molecular complexity index is 257. The Kier molecular flexibility index (Phi) is 6.48. The predicted molar refractivity (Wildman–Crippen MR) is 58.8 cm³/mol. The molecule has 0 aliphatic heterocycles. The van der Waals surface area contributed by atoms with Crippen LogP contribution in [-0.4, -0.2) is 44.7 Å². The summed E-state index contributed by atoms with van der Waals surface area (Å²) in [5.74, 6) is -0.633. The molecule has 0 spiro atoms. The van der Waals surface area contributed by atoms with E-state index in [1.54, 1.807) is 6.92 Å². The van der Waals surface area contributed by atoms with Crippen LogP contribution in [0.5, 0.6) is 0 Å². The van der Waals surface area contributed by atoms with Gasteiger partial charge in [0.15, 0.2) is 0 Å². The van der Waals surface area contributed by atoms with Crippen molar-refractivity contribution in [3.8, 4) is 0 Å². The zero-order chi connectivity index (χ0) is 11.9. The van der Waals surface area contributed by atoms with Crippen LogP contribution in [0.3, 0.4) is 0 Å². The molecule has 5 nitrogen and oxygen atoms in total. The largest absolute Gasteiger partial charge is 0.390 e. The van der Waals surface area contributed by atoms with E-state index in [0.29, 0.717) is 17.6 Å². The first-order chi connectivity index (χ1) is 6.85. The highest BCUT2D eigenvalue weighted by atomic mass is 31.1. The number of likely N-dealkylation sites (N-methyl/N-ethyl adjacent to an activating group) is 1. The van der Waals surface area contributed by atoms with Gasteiger partial charge in [0.1, 0.15) is 13.2 Å². The van der Waals surface area contributed by atoms with Crippen molar-refractivity contribution in [1.82, 2.24) is 0 Å². The predicted octanol–water partition coefficient (Wildman–Crippen LogP) is 1.22. The Labute approximate surface area is 91.2 Å². The Morgan fingerprint density at radius 3 is 2.47 bits per heavy atom. The monoisotopic (exact) mass is 236 g/mol. The molecule has 0 aliphatic rings. The van der Waals surface area contributed by atoms with E-state index in [-0.39, 0.29) is 0 Å². The number of carbonyl (C=O) groups excluding carboxylic acids is 1. The Morgan fingerprint density at radius 2 is 2.00 bits per heavy atom. The molecular formula is C9H19NO4P+. The van der Waals surface area contributed by atoms with Gasteiger partial charge in [0, 0.05) is 6.08 Å². The lowest BCUT2D eigenvalue weighted by Crippen LogP contribution is -2.37. The zero-order valence-corrected chi connectivity index (χ0v) is 10.6. The van der Waals surface area contributed by atoms with Gasteiger partial charge in [0.2, 0.25) is 0 Å². The van der Waals surface area contributed by atoms with Gasteiger partial charge in [-0.3, -0.25) is 4.52 Å². The van der Waals surface area contributed by atoms with Crippen molar-refractivity contribution in [2.45, 2.75) is 6.92 Å². The molecule has 0 saturated heterocycles. The van der Waals surface area contributed by atoms with Crippen molar-refractivity contribution in [2.24, 2.45) is 0 Å². The molecule has 0 fully saturated rings. The molecule has 0 aromatic carbocycles. The molecule has 0 aromatic rings. The number of nitrogens with zero attached hydrogens (tertiary/aromatic N) is 1. The van der Waals surface area contributed by atoms with Crippen molar-refractivity contribution in [3.63, 3.8) is 0 Å². The summed E-state index contributed by atoms with van der Waals surface area (Å²) in [6.07, 6.45) is 2.72. The SMILES string of the molecule is CC=CC(=O)O[PH](=O)OCC[N+](C)(C)C. The van der Waals surface area contributed by atoms with Crippen molar-refractivity contribution in [1.29, 1.82) is 0 Å². The highest BCUT2D eigenvalue weighted by Crippen LogP contribution is 2.23. The summed E-state index contributed by atoms with van der Waals surface area (Å²) in [5.41, 5.74) is 0. The molecule has 0 N–H and O–H groups in total. The van der Waals surface area contributed by atoms with Gasteiger partial charge in [-0.2, -0.15) is 0 Å². The molecular weight excluding hydrogens is 217 g/mol. The second kappa shape index (κ2) is 6.77. The number of hydrogen-bond acceptors (Lipinski definition) is 4. The van der Waals surface area contributed by atoms with Crippen LogP contribution in [0.2, 0.25) is 0 Å². The molecule has 15 heavy (non-hydrogen) atoms. The summed E-state index contributed by atoms with van der Waals surface area (Å²) in [6, 6.07) is 0. The number of carbonyl (C=O) groups is 1. The van der Waals surface area contributed by atoms with Gasteiger partial charge in [-0.15, -0.1) is 0 Å². The molecule has 0 aliphatic carbocycles. The Balaban J connectivity index is 3.72. The second-order valence-electron chi connectivity index (χ2n) is 4.03. The highest BCUT2D eigenvalue weighted by Gasteiger charge is 2.09. The van der Waals surface area contributed by atoms with Gasteiger partial charge < -0.3 is 9.01 Å². The maximum Gasteiger partial charge on any atom is 0.370 e. The average molecular weight is 236 g/mol. The fourth-order valence-corrected chi connectivity index (χ4v) is 1.23. The molecule has 0 heterocycles. The van der Waals surface area contributed by atoms with E-state index in [1.165, 1.54) is 12.2 Å². The maximum absolute atomic E-state index is 11.1. The van der Waals surface area contributed by atoms with Crippen LogP contribution in [0.15, 0.2) is 12.2 Å². The van der Waals surface area contributed by atoms with E-state index in [4.69, 9.17) is 4.52 Å². The van der Waals surface area contributed by atoms with Gasteiger partial charge in [-0.1, -0.05) is 6.08 Å². The third-order valence-electron chi connectivity index (χ3n) is 1.47. The van der Waals surface area contributed by atoms with Crippen LogP contribution in [0.25, 0.3) is 0 Å². The summed E-state index contributed by atoms with van der Waals surface area (Å²) in [6.45, 7) is 2.69. The molecule has 6 heteroatoms. The standard InChI is InChI=1S/C9H19NO4P/c1-5-6-9(11)14-15(12)13-8-7-10(2,3)4/h5-6,15H,7-8H2,1-4H3/q+1. The summed E-state index contributed by atoms with van der Waals surface area (Å²) < 4.78 is 21.2. The smallest absolute Gasteiger partial charge is 0.370 e. The quantitative estimate of drug-likeness (QED) is 0.395. The minimum absolute atomic E-state index is 0.310. The lowest BCUT2D eigenvalue weighted by atomic mass is 10.5. The third-order valence-corrected chi connectivity index (χ3v) is 2.28. The van der Waals surface area contributed by atoms with Crippen molar-refractivity contribution in [3.05, 3.63) is 12.2 Å². The first kappa shape index (κ1) is 14.4. The Hall–Kier alpha value is -0.640. The fraction of sp³-hybridized carbons (Fsp3) is 0.667. The first-order valence-corrected chi connectivity index (χ1v) is 5.89. The summed E-state index contributed by atoms with van der Waals surface area (Å²) >= 11 is 0. The van der Waals surface area contributed by atoms with Crippen LogP contribution < -0.4 is 0 Å². The average Bonchev–Trinajstić information content (AvgIpc) is 2.01. The first-order valence-electron chi connectivity index (χ1n) is 4.67. The number of quaternary nitrogens is 1. The molecule has 0 rings (SSSR count). The van der Waals surface area contributed by atoms with Crippen LogP contribution in [0.4, 0.5) is 0 Å². The molecule has 0 radical (unpaired) electrons. The summed E-state index contributed by atoms with van der Waals surface area (Å²) in [5, 5.41) is 0. The highest BCUT2D eigenvalue weighted by molar-refractivity contribution is 7.34. The second-order valence-corrected chi connectivity index (χ2v) is 5.03. The lowest BCUT2D eigenvalue weighted by molar-refractivity contribution is -0.870. The van der Waals surface area contributed by atoms with Gasteiger partial charge in [0.05, 0.1) is 21.1 Å². The molecule has 0 aromatic heterocycles. The number of rotatable bonds is 6. The van der Waals surface area contributed by atoms with Crippen LogP contribution in [0, 0.1) is 0 Å². The van der Waals surface area contributed by atoms with Crippen molar-refractivity contribution >= 4 is 14.2 Å². The van der Waals surface area contributed by atoms with E-state index in [1.807, 2.05) is 21.1 Å². The van der Waals surface area contributed by atoms with Gasteiger partial charge in [-0.25, -0.2) is 9.36 Å². The normalized spacial score (nSPS) is 14.1. The minimum Gasteiger partial charge on any atom is -0.390 e. The zero-order valence-electron chi connectivity index (χ0n) is 9.65. The number of allylic oxidation sites excluding steroid dienone is 1. The molecule has 1 unspecified atom stereocenters. The molecule has 0 bridgehead atoms. The lowest BCUT2D eigenvalue weighted by Gasteiger charge is -2.23. The van der Waals surface area contributed by atoms with E-state index >= 15 is 0 Å². The van der Waals surface area contributed by atoms with E-state index in [9.17, 15) is 9.36 Å². The van der Waals surface area contributed by atoms with Crippen LogP contribution in [-0.2, 0) is 18.4 Å². The van der Waals surface area contributed by atoms with Crippen LogP contribution in [0.1, 0.15) is 6.92 Å². The number of hydrogen-bond donors (Lipinski definition) is 0. The molecule has 0 amide bonds. The van der Waals surface area contributed by atoms with Crippen molar-refractivity contribution in [2.75, 3.05) is 34.3 Å². The maximum atomic E-state index is 11.1. The van der Waals surface area contributed by atoms with Gasteiger partial charge >= 0.3 is 14.2 Å². The van der Waals surface area contributed by atoms with Crippen LogP contribution >= 0.6 is 8.25 Å². The molecule has 0 saturated carbocycles. The van der Waals surface area contributed by atoms with E-state index in [2.05, 4.69) is 4.52 Å². The fourth-order valence-electron chi connectivity index (χ4n) is 0.685. The van der Waals surface area contributed by atoms with E-state index < -0.39 is 14.2 Å². The van der Waals surface area contributed by atoms with Gasteiger partial charge in [0.25, 0.3) is 0 Å². The summed E-state index contributed by atoms with van der Waals surface area (Å²) in [7, 11) is 3.28. The third kappa shape index (κ3) is 9.66.